The molecule has 0 aliphatic carbocycles. The number of carbonyl (C=O) groups is 1. The van der Waals surface area contributed by atoms with E-state index in [1.165, 1.54) is 11.3 Å². The van der Waals surface area contributed by atoms with E-state index in [1.807, 2.05) is 22.9 Å². The van der Waals surface area contributed by atoms with Gasteiger partial charge in [-0.15, -0.1) is 11.3 Å². The molecule has 3 rings (SSSR count). The Hall–Kier alpha value is -1.52. The van der Waals surface area contributed by atoms with Crippen molar-refractivity contribution in [2.75, 3.05) is 10.6 Å². The number of anilines is 3. The topological polar surface area (TPSA) is 41.1 Å². The first-order valence-electron chi connectivity index (χ1n) is 4.69. The Bertz CT molecular complexity index is 579. The van der Waals surface area contributed by atoms with E-state index in [2.05, 4.69) is 10.6 Å². The van der Waals surface area contributed by atoms with Gasteiger partial charge in [0.2, 0.25) is 0 Å². The third-order valence-electron chi connectivity index (χ3n) is 2.43. The summed E-state index contributed by atoms with van der Waals surface area (Å²) in [5.74, 6) is -0.129. The van der Waals surface area contributed by atoms with Crippen molar-refractivity contribution in [1.29, 1.82) is 0 Å². The number of hydrogen-bond acceptors (Lipinski definition) is 3. The third-order valence-corrected chi connectivity index (χ3v) is 3.49. The molecular weight excluding hydrogens is 244 g/mol. The molecule has 16 heavy (non-hydrogen) atoms. The molecule has 1 aromatic carbocycles. The van der Waals surface area contributed by atoms with Gasteiger partial charge < -0.3 is 10.6 Å². The van der Waals surface area contributed by atoms with Crippen molar-refractivity contribution >= 4 is 45.9 Å². The first kappa shape index (κ1) is 9.69. The fraction of sp³-hybridized carbons (Fsp3) is 0. The number of amides is 1. The van der Waals surface area contributed by atoms with Gasteiger partial charge >= 0.3 is 0 Å². The van der Waals surface area contributed by atoms with Gasteiger partial charge in [0, 0.05) is 10.8 Å². The van der Waals surface area contributed by atoms with Gasteiger partial charge in [-0.25, -0.2) is 0 Å². The average molecular weight is 251 g/mol. The van der Waals surface area contributed by atoms with E-state index in [-0.39, 0.29) is 5.91 Å². The molecule has 3 nitrogen and oxygen atoms in total. The van der Waals surface area contributed by atoms with Crippen LogP contribution in [0.2, 0.25) is 5.02 Å². The van der Waals surface area contributed by atoms with Crippen LogP contribution in [0.25, 0.3) is 0 Å². The van der Waals surface area contributed by atoms with Crippen LogP contribution >= 0.6 is 22.9 Å². The molecule has 1 amide bonds. The van der Waals surface area contributed by atoms with Crippen molar-refractivity contribution in [3.8, 4) is 0 Å². The lowest BCUT2D eigenvalue weighted by Crippen LogP contribution is -2.09. The van der Waals surface area contributed by atoms with E-state index in [4.69, 9.17) is 11.6 Å². The highest BCUT2D eigenvalue weighted by Crippen LogP contribution is 2.37. The summed E-state index contributed by atoms with van der Waals surface area (Å²) in [7, 11) is 0. The Morgan fingerprint density at radius 2 is 2.00 bits per heavy atom. The van der Waals surface area contributed by atoms with Crippen molar-refractivity contribution in [1.82, 2.24) is 0 Å². The Morgan fingerprint density at radius 1 is 1.12 bits per heavy atom. The predicted octanol–water partition coefficient (Wildman–Crippen LogP) is 3.71. The summed E-state index contributed by atoms with van der Waals surface area (Å²) in [5.41, 5.74) is 2.93. The highest BCUT2D eigenvalue weighted by atomic mass is 35.5. The van der Waals surface area contributed by atoms with E-state index in [0.29, 0.717) is 16.3 Å². The van der Waals surface area contributed by atoms with Crippen molar-refractivity contribution in [2.45, 2.75) is 0 Å². The lowest BCUT2D eigenvalue weighted by molar-refractivity contribution is 0.102. The molecule has 0 unspecified atom stereocenters. The van der Waals surface area contributed by atoms with Crippen molar-refractivity contribution in [3.05, 3.63) is 39.5 Å². The molecule has 1 aromatic heterocycles. The van der Waals surface area contributed by atoms with Crippen molar-refractivity contribution in [2.24, 2.45) is 0 Å². The highest BCUT2D eigenvalue weighted by Gasteiger charge is 2.20. The lowest BCUT2D eigenvalue weighted by Gasteiger charge is -2.08. The fourth-order valence-corrected chi connectivity index (χ4v) is 2.63. The second-order valence-corrected chi connectivity index (χ2v) is 4.59. The number of fused-ring (bicyclic) bond motifs is 2. The van der Waals surface area contributed by atoms with Gasteiger partial charge in [-0.2, -0.15) is 0 Å². The summed E-state index contributed by atoms with van der Waals surface area (Å²) in [5, 5.41) is 10.3. The normalized spacial score (nSPS) is 13.2. The van der Waals surface area contributed by atoms with Crippen molar-refractivity contribution in [3.63, 3.8) is 0 Å². The fourth-order valence-electron chi connectivity index (χ4n) is 1.65. The number of thiophene rings is 1. The minimum Gasteiger partial charge on any atom is -0.352 e. The molecule has 0 radical (unpaired) electrons. The molecule has 0 saturated heterocycles. The molecule has 80 valence electrons. The van der Waals surface area contributed by atoms with E-state index in [1.54, 1.807) is 6.07 Å². The highest BCUT2D eigenvalue weighted by molar-refractivity contribution is 7.08. The predicted molar refractivity (Wildman–Crippen MR) is 67.0 cm³/mol. The van der Waals surface area contributed by atoms with Gasteiger partial charge in [0.1, 0.15) is 0 Å². The van der Waals surface area contributed by atoms with Crippen LogP contribution in [0, 0.1) is 0 Å². The van der Waals surface area contributed by atoms with E-state index in [9.17, 15) is 4.79 Å². The van der Waals surface area contributed by atoms with Crippen LogP contribution < -0.4 is 10.6 Å². The number of rotatable bonds is 0. The summed E-state index contributed by atoms with van der Waals surface area (Å²) in [6.07, 6.45) is 0. The van der Waals surface area contributed by atoms with Crippen molar-refractivity contribution < 1.29 is 4.79 Å². The van der Waals surface area contributed by atoms with Gasteiger partial charge in [0.05, 0.1) is 27.6 Å². The van der Waals surface area contributed by atoms with E-state index < -0.39 is 0 Å². The minimum atomic E-state index is -0.129. The lowest BCUT2D eigenvalue weighted by atomic mass is 10.2. The summed E-state index contributed by atoms with van der Waals surface area (Å²) < 4.78 is 0. The maximum Gasteiger partial charge on any atom is 0.258 e. The number of benzene rings is 1. The minimum absolute atomic E-state index is 0.129. The van der Waals surface area contributed by atoms with Gasteiger partial charge in [-0.1, -0.05) is 17.7 Å². The zero-order valence-corrected chi connectivity index (χ0v) is 9.65. The Kier molecular flexibility index (Phi) is 2.12. The molecule has 2 N–H and O–H groups in total. The smallest absolute Gasteiger partial charge is 0.258 e. The molecule has 0 atom stereocenters. The second kappa shape index (κ2) is 3.50. The standard InChI is InChI=1S/C11H7ClN2OS/c12-7-2-1-3-8-10(7)14-11(15)6-4-16-5-9(6)13-8/h1-5,13H,(H,14,15). The van der Waals surface area contributed by atoms with Gasteiger partial charge in [0.15, 0.2) is 0 Å². The number of hydrogen-bond donors (Lipinski definition) is 2. The summed E-state index contributed by atoms with van der Waals surface area (Å²) in [4.78, 5) is 11.9. The van der Waals surface area contributed by atoms with Crippen LogP contribution in [-0.2, 0) is 0 Å². The summed E-state index contributed by atoms with van der Waals surface area (Å²) in [6.45, 7) is 0. The molecular formula is C11H7ClN2OS. The molecule has 2 aromatic rings. The molecule has 0 bridgehead atoms. The maximum absolute atomic E-state index is 11.9. The number of halogens is 1. The SMILES string of the molecule is O=C1Nc2c(Cl)cccc2Nc2cscc21. The molecule has 2 heterocycles. The second-order valence-electron chi connectivity index (χ2n) is 3.44. The Labute approximate surface area is 101 Å². The van der Waals surface area contributed by atoms with Crippen LogP contribution in [0.1, 0.15) is 10.4 Å². The molecule has 1 aliphatic rings. The largest absolute Gasteiger partial charge is 0.352 e. The Morgan fingerprint density at radius 3 is 2.88 bits per heavy atom. The average Bonchev–Trinajstić information content (AvgIpc) is 2.66. The first-order valence-corrected chi connectivity index (χ1v) is 6.01. The molecule has 0 saturated carbocycles. The van der Waals surface area contributed by atoms with E-state index in [0.717, 1.165) is 11.4 Å². The Balaban J connectivity index is 2.20. The number of para-hydroxylation sites is 1. The van der Waals surface area contributed by atoms with Gasteiger partial charge in [-0.3, -0.25) is 4.79 Å². The molecule has 0 spiro atoms. The first-order chi connectivity index (χ1) is 7.75. The number of carbonyl (C=O) groups excluding carboxylic acids is 1. The molecule has 5 heteroatoms. The molecule has 0 fully saturated rings. The summed E-state index contributed by atoms with van der Waals surface area (Å²) >= 11 is 7.53. The monoisotopic (exact) mass is 250 g/mol. The van der Waals surface area contributed by atoms with Crippen LogP contribution in [0.15, 0.2) is 29.0 Å². The van der Waals surface area contributed by atoms with Crippen LogP contribution in [0.5, 0.6) is 0 Å². The van der Waals surface area contributed by atoms with E-state index >= 15 is 0 Å². The zero-order valence-electron chi connectivity index (χ0n) is 8.08. The van der Waals surface area contributed by atoms with Crippen LogP contribution in [0.4, 0.5) is 17.1 Å². The molecule has 1 aliphatic heterocycles. The van der Waals surface area contributed by atoms with Gasteiger partial charge in [-0.05, 0) is 12.1 Å². The third kappa shape index (κ3) is 1.38. The maximum atomic E-state index is 11.9. The zero-order chi connectivity index (χ0) is 11.1. The van der Waals surface area contributed by atoms with Crippen LogP contribution in [0.3, 0.4) is 0 Å². The summed E-state index contributed by atoms with van der Waals surface area (Å²) in [6, 6.07) is 5.48. The number of nitrogens with one attached hydrogen (secondary N) is 2. The quantitative estimate of drug-likeness (QED) is 0.748. The van der Waals surface area contributed by atoms with Crippen LogP contribution in [-0.4, -0.2) is 5.91 Å². The van der Waals surface area contributed by atoms with Gasteiger partial charge in [0.25, 0.3) is 5.91 Å².